The molecule has 0 atom stereocenters. The lowest BCUT2D eigenvalue weighted by molar-refractivity contribution is 0.161. The summed E-state index contributed by atoms with van der Waals surface area (Å²) in [5.41, 5.74) is 3.24. The van der Waals surface area contributed by atoms with Gasteiger partial charge in [-0.3, -0.25) is 0 Å². The predicted molar refractivity (Wildman–Crippen MR) is 107 cm³/mol. The summed E-state index contributed by atoms with van der Waals surface area (Å²) in [6, 6.07) is 14.7. The van der Waals surface area contributed by atoms with E-state index in [1.165, 1.54) is 12.3 Å². The Hall–Kier alpha value is -2.70. The first-order chi connectivity index (χ1) is 13.5. The molecular formula is C22H20FNO3S. The van der Waals surface area contributed by atoms with Gasteiger partial charge in [0, 0.05) is 11.8 Å². The number of aryl methyl sites for hydroxylation is 1. The Morgan fingerprint density at radius 3 is 2.64 bits per heavy atom. The highest BCUT2D eigenvalue weighted by molar-refractivity contribution is 7.90. The molecule has 0 bridgehead atoms. The van der Waals surface area contributed by atoms with Gasteiger partial charge in [-0.2, -0.15) is 0 Å². The smallest absolute Gasteiger partial charge is 0.268 e. The maximum atomic E-state index is 14.3. The fraction of sp³-hybridized carbons (Fsp3) is 0.182. The molecule has 28 heavy (non-hydrogen) atoms. The molecule has 0 amide bonds. The summed E-state index contributed by atoms with van der Waals surface area (Å²) in [5, 5.41) is 0. The molecule has 4 nitrogen and oxygen atoms in total. The lowest BCUT2D eigenvalue weighted by Gasteiger charge is -2.15. The van der Waals surface area contributed by atoms with Crippen molar-refractivity contribution in [2.24, 2.45) is 0 Å². The second-order valence-electron chi connectivity index (χ2n) is 6.77. The first-order valence-electron chi connectivity index (χ1n) is 9.03. The maximum absolute atomic E-state index is 14.3. The van der Waals surface area contributed by atoms with Gasteiger partial charge in [-0.25, -0.2) is 16.8 Å². The highest BCUT2D eigenvalue weighted by atomic mass is 32.2. The summed E-state index contributed by atoms with van der Waals surface area (Å²) in [6.07, 6.45) is 4.24. The number of hydrogen-bond acceptors (Lipinski definition) is 3. The summed E-state index contributed by atoms with van der Waals surface area (Å²) < 4.78 is 47.6. The highest BCUT2D eigenvalue weighted by Crippen LogP contribution is 2.30. The number of ether oxygens (including phenoxy) is 1. The zero-order valence-electron chi connectivity index (χ0n) is 15.4. The molecule has 1 aliphatic rings. The van der Waals surface area contributed by atoms with Crippen LogP contribution in [0.5, 0.6) is 0 Å². The van der Waals surface area contributed by atoms with Crippen molar-refractivity contribution in [1.29, 1.82) is 0 Å². The fourth-order valence-electron chi connectivity index (χ4n) is 3.39. The van der Waals surface area contributed by atoms with E-state index >= 15 is 0 Å². The molecule has 1 aromatic heterocycles. The number of benzene rings is 2. The minimum atomic E-state index is -3.88. The van der Waals surface area contributed by atoms with E-state index in [0.29, 0.717) is 18.9 Å². The van der Waals surface area contributed by atoms with Gasteiger partial charge in [0.25, 0.3) is 10.0 Å². The normalized spacial score (nSPS) is 14.7. The largest absolute Gasteiger partial charge is 0.377 e. The van der Waals surface area contributed by atoms with Crippen LogP contribution >= 0.6 is 0 Å². The molecule has 0 radical (unpaired) electrons. The van der Waals surface area contributed by atoms with Gasteiger partial charge in [0.05, 0.1) is 23.8 Å². The first kappa shape index (κ1) is 18.7. The van der Waals surface area contributed by atoms with Gasteiger partial charge in [0.1, 0.15) is 5.82 Å². The molecule has 3 aromatic rings. The van der Waals surface area contributed by atoms with Crippen LogP contribution in [0.25, 0.3) is 16.8 Å². The van der Waals surface area contributed by atoms with E-state index < -0.39 is 15.8 Å². The molecular weight excluding hydrogens is 377 g/mol. The van der Waals surface area contributed by atoms with Gasteiger partial charge in [-0.15, -0.1) is 0 Å². The summed E-state index contributed by atoms with van der Waals surface area (Å²) in [6.45, 7) is 2.94. The Bertz CT molecular complexity index is 1160. The van der Waals surface area contributed by atoms with E-state index in [1.54, 1.807) is 49.4 Å². The van der Waals surface area contributed by atoms with Crippen molar-refractivity contribution in [3.05, 3.63) is 83.8 Å². The average molecular weight is 397 g/mol. The minimum Gasteiger partial charge on any atom is -0.377 e. The van der Waals surface area contributed by atoms with Gasteiger partial charge >= 0.3 is 0 Å². The van der Waals surface area contributed by atoms with E-state index in [0.717, 1.165) is 27.1 Å². The highest BCUT2D eigenvalue weighted by Gasteiger charge is 2.23. The Morgan fingerprint density at radius 2 is 1.89 bits per heavy atom. The third kappa shape index (κ3) is 3.41. The molecule has 6 heteroatoms. The van der Waals surface area contributed by atoms with E-state index in [1.807, 2.05) is 12.1 Å². The minimum absolute atomic E-state index is 0.172. The number of rotatable bonds is 4. The number of hydrogen-bond donors (Lipinski definition) is 0. The summed E-state index contributed by atoms with van der Waals surface area (Å²) in [7, 11) is -3.88. The molecule has 0 saturated heterocycles. The average Bonchev–Trinajstić information content (AvgIpc) is 3.11. The van der Waals surface area contributed by atoms with Gasteiger partial charge in [0.15, 0.2) is 0 Å². The van der Waals surface area contributed by atoms with Crippen LogP contribution in [-0.4, -0.2) is 25.6 Å². The number of aromatic nitrogens is 1. The SMILES string of the molecule is Cc1cc(-c2ccccc2F)n(S(=O)(=O)c2cccc(C3=CCOCC3)c2)c1. The van der Waals surface area contributed by atoms with Crippen LogP contribution in [-0.2, 0) is 14.8 Å². The molecule has 0 fully saturated rings. The monoisotopic (exact) mass is 397 g/mol. The van der Waals surface area contributed by atoms with Crippen molar-refractivity contribution in [3.63, 3.8) is 0 Å². The van der Waals surface area contributed by atoms with Crippen LogP contribution in [0, 0.1) is 12.7 Å². The predicted octanol–water partition coefficient (Wildman–Crippen LogP) is 4.64. The van der Waals surface area contributed by atoms with E-state index in [9.17, 15) is 12.8 Å². The van der Waals surface area contributed by atoms with E-state index in [2.05, 4.69) is 0 Å². The zero-order chi connectivity index (χ0) is 19.7. The number of nitrogens with zero attached hydrogens (tertiary/aromatic N) is 1. The third-order valence-electron chi connectivity index (χ3n) is 4.80. The molecule has 0 N–H and O–H groups in total. The van der Waals surface area contributed by atoms with E-state index in [-0.39, 0.29) is 10.5 Å². The Labute approximate surface area is 163 Å². The Morgan fingerprint density at radius 1 is 1.07 bits per heavy atom. The summed E-state index contributed by atoms with van der Waals surface area (Å²) in [5.74, 6) is -0.460. The lowest BCUT2D eigenvalue weighted by Crippen LogP contribution is -2.14. The third-order valence-corrected chi connectivity index (χ3v) is 6.47. The van der Waals surface area contributed by atoms with Crippen molar-refractivity contribution in [2.45, 2.75) is 18.2 Å². The fourth-order valence-corrected chi connectivity index (χ4v) is 4.86. The second-order valence-corrected chi connectivity index (χ2v) is 8.58. The topological polar surface area (TPSA) is 48.3 Å². The standard InChI is InChI=1S/C22H20FNO3S/c1-16-13-22(20-7-2-3-8-21(20)23)24(15-16)28(25,26)19-6-4-5-18(14-19)17-9-11-27-12-10-17/h2-9,13-15H,10-12H2,1H3. The molecule has 2 aromatic carbocycles. The van der Waals surface area contributed by atoms with Gasteiger partial charge in [-0.1, -0.05) is 30.3 Å². The van der Waals surface area contributed by atoms with Crippen molar-refractivity contribution in [2.75, 3.05) is 13.2 Å². The molecule has 4 rings (SSSR count). The Kier molecular flexibility index (Phi) is 4.91. The van der Waals surface area contributed by atoms with Crippen LogP contribution in [0.2, 0.25) is 0 Å². The molecule has 0 saturated carbocycles. The quantitative estimate of drug-likeness (QED) is 0.644. The van der Waals surface area contributed by atoms with E-state index in [4.69, 9.17) is 4.74 Å². The molecule has 0 spiro atoms. The molecule has 1 aliphatic heterocycles. The summed E-state index contributed by atoms with van der Waals surface area (Å²) >= 11 is 0. The zero-order valence-corrected chi connectivity index (χ0v) is 16.2. The van der Waals surface area contributed by atoms with Crippen LogP contribution in [0.4, 0.5) is 4.39 Å². The maximum Gasteiger partial charge on any atom is 0.268 e. The van der Waals surface area contributed by atoms with Gasteiger partial charge < -0.3 is 4.74 Å². The van der Waals surface area contributed by atoms with Crippen molar-refractivity contribution in [1.82, 2.24) is 3.97 Å². The van der Waals surface area contributed by atoms with Crippen LogP contribution in [0.3, 0.4) is 0 Å². The first-order valence-corrected chi connectivity index (χ1v) is 10.5. The molecule has 144 valence electrons. The second kappa shape index (κ2) is 7.37. The van der Waals surface area contributed by atoms with Crippen LogP contribution in [0.15, 0.2) is 71.8 Å². The summed E-state index contributed by atoms with van der Waals surface area (Å²) in [4.78, 5) is 0.172. The van der Waals surface area contributed by atoms with Gasteiger partial charge in [-0.05, 0) is 60.4 Å². The van der Waals surface area contributed by atoms with Crippen LogP contribution < -0.4 is 0 Å². The van der Waals surface area contributed by atoms with Crippen molar-refractivity contribution in [3.8, 4) is 11.3 Å². The van der Waals surface area contributed by atoms with Crippen molar-refractivity contribution < 1.29 is 17.5 Å². The lowest BCUT2D eigenvalue weighted by atomic mass is 10.0. The van der Waals surface area contributed by atoms with Crippen LogP contribution in [0.1, 0.15) is 17.5 Å². The van der Waals surface area contributed by atoms with Gasteiger partial charge in [0.2, 0.25) is 0 Å². The van der Waals surface area contributed by atoms with Crippen molar-refractivity contribution >= 4 is 15.6 Å². The number of halogens is 1. The molecule has 0 aliphatic carbocycles. The molecule has 0 unspecified atom stereocenters. The Balaban J connectivity index is 1.82. The molecule has 2 heterocycles.